The zero-order valence-corrected chi connectivity index (χ0v) is 14.2. The lowest BCUT2D eigenvalue weighted by atomic mass is 10.2. The molecule has 0 amide bonds. The number of hydrogen-bond donors (Lipinski definition) is 1. The molecule has 0 heterocycles. The van der Waals surface area contributed by atoms with Crippen molar-refractivity contribution in [1.29, 1.82) is 0 Å². The average Bonchev–Trinajstić information content (AvgIpc) is 2.41. The molecule has 0 fully saturated rings. The molecule has 0 radical (unpaired) electrons. The Morgan fingerprint density at radius 3 is 2.62 bits per heavy atom. The fraction of sp³-hybridized carbons (Fsp3) is 0.571. The average molecular weight is 336 g/mol. The molecule has 21 heavy (non-hydrogen) atoms. The number of halogens is 1. The molecule has 0 bridgehead atoms. The van der Waals surface area contributed by atoms with Gasteiger partial charge in [0.25, 0.3) is 0 Å². The Labute approximate surface area is 131 Å². The molecule has 5 nitrogen and oxygen atoms in total. The van der Waals surface area contributed by atoms with Crippen LogP contribution in [0.2, 0.25) is 5.02 Å². The smallest absolute Gasteiger partial charge is 0.179 e. The lowest BCUT2D eigenvalue weighted by molar-refractivity contribution is 0.294. The van der Waals surface area contributed by atoms with Gasteiger partial charge in [0.15, 0.2) is 11.5 Å². The quantitative estimate of drug-likeness (QED) is 0.701. The van der Waals surface area contributed by atoms with E-state index in [1.165, 1.54) is 6.26 Å². The van der Waals surface area contributed by atoms with Crippen molar-refractivity contribution >= 4 is 21.4 Å². The molecular weight excluding hydrogens is 314 g/mol. The summed E-state index contributed by atoms with van der Waals surface area (Å²) in [5.41, 5.74) is 1.00. The molecule has 0 aliphatic rings. The van der Waals surface area contributed by atoms with Crippen molar-refractivity contribution in [1.82, 2.24) is 5.32 Å². The molecule has 0 atom stereocenters. The summed E-state index contributed by atoms with van der Waals surface area (Å²) < 4.78 is 33.0. The van der Waals surface area contributed by atoms with Gasteiger partial charge in [0.05, 0.1) is 24.5 Å². The highest BCUT2D eigenvalue weighted by Gasteiger charge is 2.12. The molecule has 0 unspecified atom stereocenters. The van der Waals surface area contributed by atoms with Gasteiger partial charge in [0, 0.05) is 12.8 Å². The van der Waals surface area contributed by atoms with E-state index in [0.717, 1.165) is 12.1 Å². The van der Waals surface area contributed by atoms with Crippen molar-refractivity contribution in [3.63, 3.8) is 0 Å². The number of methoxy groups -OCH3 is 1. The maximum atomic E-state index is 11.1. The van der Waals surface area contributed by atoms with E-state index in [9.17, 15) is 8.42 Å². The van der Waals surface area contributed by atoms with Crippen LogP contribution < -0.4 is 14.8 Å². The van der Waals surface area contributed by atoms with Crippen LogP contribution in [0.1, 0.15) is 18.9 Å². The van der Waals surface area contributed by atoms with Gasteiger partial charge in [-0.05, 0) is 30.7 Å². The van der Waals surface area contributed by atoms with Crippen LogP contribution in [0.15, 0.2) is 12.1 Å². The summed E-state index contributed by atoms with van der Waals surface area (Å²) >= 11 is 6.21. The first-order valence-electron chi connectivity index (χ1n) is 6.75. The van der Waals surface area contributed by atoms with Gasteiger partial charge in [0.2, 0.25) is 0 Å². The Morgan fingerprint density at radius 2 is 2.05 bits per heavy atom. The highest BCUT2D eigenvalue weighted by Crippen LogP contribution is 2.36. The van der Waals surface area contributed by atoms with E-state index in [1.807, 2.05) is 19.1 Å². The van der Waals surface area contributed by atoms with Crippen molar-refractivity contribution < 1.29 is 17.9 Å². The van der Waals surface area contributed by atoms with Gasteiger partial charge in [-0.3, -0.25) is 0 Å². The van der Waals surface area contributed by atoms with Crippen molar-refractivity contribution in [2.75, 3.05) is 32.3 Å². The fourth-order valence-electron chi connectivity index (χ4n) is 1.78. The van der Waals surface area contributed by atoms with Gasteiger partial charge in [-0.25, -0.2) is 8.42 Å². The van der Waals surface area contributed by atoms with Gasteiger partial charge >= 0.3 is 0 Å². The predicted molar refractivity (Wildman–Crippen MR) is 85.2 cm³/mol. The van der Waals surface area contributed by atoms with Crippen LogP contribution >= 0.6 is 11.6 Å². The molecule has 0 saturated carbocycles. The van der Waals surface area contributed by atoms with Crippen LogP contribution in [0.25, 0.3) is 0 Å². The minimum absolute atomic E-state index is 0.0887. The SMILES string of the molecule is CCNCc1cc(Cl)c(OCCCS(C)(=O)=O)c(OC)c1. The summed E-state index contributed by atoms with van der Waals surface area (Å²) in [5.74, 6) is 1.09. The summed E-state index contributed by atoms with van der Waals surface area (Å²) in [6.07, 6.45) is 1.62. The Hall–Kier alpha value is -0.980. The third kappa shape index (κ3) is 6.54. The number of benzene rings is 1. The van der Waals surface area contributed by atoms with Crippen molar-refractivity contribution in [2.45, 2.75) is 19.9 Å². The topological polar surface area (TPSA) is 64.6 Å². The number of rotatable bonds is 9. The summed E-state index contributed by atoms with van der Waals surface area (Å²) in [7, 11) is -1.43. The van der Waals surface area contributed by atoms with Crippen LogP contribution in [0.4, 0.5) is 0 Å². The lowest BCUT2D eigenvalue weighted by Gasteiger charge is -2.14. The number of sulfone groups is 1. The van der Waals surface area contributed by atoms with Gasteiger partial charge in [-0.15, -0.1) is 0 Å². The standard InChI is InChI=1S/C14H22ClNO4S/c1-4-16-10-11-8-12(15)14(13(9-11)19-2)20-6-5-7-21(3,17)18/h8-9,16H,4-7,10H2,1-3H3. The zero-order valence-electron chi connectivity index (χ0n) is 12.6. The van der Waals surface area contributed by atoms with E-state index in [1.54, 1.807) is 7.11 Å². The van der Waals surface area contributed by atoms with E-state index in [-0.39, 0.29) is 12.4 Å². The fourth-order valence-corrected chi connectivity index (χ4v) is 2.71. The molecule has 1 aromatic carbocycles. The minimum Gasteiger partial charge on any atom is -0.493 e. The lowest BCUT2D eigenvalue weighted by Crippen LogP contribution is -2.12. The second-order valence-electron chi connectivity index (χ2n) is 4.72. The Kier molecular flexibility index (Phi) is 7.28. The second kappa shape index (κ2) is 8.46. The van der Waals surface area contributed by atoms with Crippen LogP contribution in [-0.4, -0.2) is 40.7 Å². The van der Waals surface area contributed by atoms with Crippen molar-refractivity contribution in [3.8, 4) is 11.5 Å². The Balaban J connectivity index is 2.72. The number of hydrogen-bond acceptors (Lipinski definition) is 5. The molecule has 0 spiro atoms. The monoisotopic (exact) mass is 335 g/mol. The molecule has 0 aliphatic heterocycles. The van der Waals surface area contributed by atoms with Crippen LogP contribution in [0.5, 0.6) is 11.5 Å². The van der Waals surface area contributed by atoms with E-state index in [2.05, 4.69) is 5.32 Å². The summed E-state index contributed by atoms with van der Waals surface area (Å²) in [4.78, 5) is 0. The number of ether oxygens (including phenoxy) is 2. The maximum Gasteiger partial charge on any atom is 0.179 e. The molecule has 1 N–H and O–H groups in total. The zero-order chi connectivity index (χ0) is 15.9. The third-order valence-electron chi connectivity index (χ3n) is 2.77. The van der Waals surface area contributed by atoms with Gasteiger partial charge in [0.1, 0.15) is 9.84 Å². The van der Waals surface area contributed by atoms with Crippen LogP contribution in [-0.2, 0) is 16.4 Å². The molecule has 0 aliphatic carbocycles. The van der Waals surface area contributed by atoms with E-state index in [4.69, 9.17) is 21.1 Å². The second-order valence-corrected chi connectivity index (χ2v) is 7.39. The molecule has 120 valence electrons. The minimum atomic E-state index is -2.97. The van der Waals surface area contributed by atoms with E-state index < -0.39 is 9.84 Å². The Morgan fingerprint density at radius 1 is 1.33 bits per heavy atom. The highest BCUT2D eigenvalue weighted by molar-refractivity contribution is 7.90. The predicted octanol–water partition coefficient (Wildman–Crippen LogP) is 2.27. The molecule has 7 heteroatoms. The summed E-state index contributed by atoms with van der Waals surface area (Å²) in [5, 5.41) is 3.67. The first kappa shape index (κ1) is 18.1. The molecule has 1 aromatic rings. The van der Waals surface area contributed by atoms with Crippen molar-refractivity contribution in [3.05, 3.63) is 22.7 Å². The van der Waals surface area contributed by atoms with Crippen LogP contribution in [0.3, 0.4) is 0 Å². The normalized spacial score (nSPS) is 11.4. The molecule has 0 saturated heterocycles. The van der Waals surface area contributed by atoms with Crippen molar-refractivity contribution in [2.24, 2.45) is 0 Å². The van der Waals surface area contributed by atoms with Gasteiger partial charge in [-0.1, -0.05) is 18.5 Å². The first-order chi connectivity index (χ1) is 9.87. The molecule has 1 rings (SSSR count). The molecule has 0 aromatic heterocycles. The molecular formula is C14H22ClNO4S. The first-order valence-corrected chi connectivity index (χ1v) is 9.19. The number of nitrogens with one attached hydrogen (secondary N) is 1. The van der Waals surface area contributed by atoms with Gasteiger partial charge < -0.3 is 14.8 Å². The highest BCUT2D eigenvalue weighted by atomic mass is 35.5. The summed E-state index contributed by atoms with van der Waals surface area (Å²) in [6, 6.07) is 3.68. The third-order valence-corrected chi connectivity index (χ3v) is 4.09. The summed E-state index contributed by atoms with van der Waals surface area (Å²) in [6.45, 7) is 3.86. The van der Waals surface area contributed by atoms with E-state index in [0.29, 0.717) is 29.5 Å². The maximum absolute atomic E-state index is 11.1. The van der Waals surface area contributed by atoms with E-state index >= 15 is 0 Å². The Bertz CT molecular complexity index is 560. The van der Waals surface area contributed by atoms with Crippen LogP contribution in [0, 0.1) is 0 Å². The van der Waals surface area contributed by atoms with Gasteiger partial charge in [-0.2, -0.15) is 0 Å². The largest absolute Gasteiger partial charge is 0.493 e.